The molecule has 2 aromatic heterocycles. The van der Waals surface area contributed by atoms with Crippen molar-refractivity contribution in [3.8, 4) is 38.4 Å². The molecule has 7 heteroatoms. The van der Waals surface area contributed by atoms with E-state index in [0.717, 1.165) is 66.5 Å². The van der Waals surface area contributed by atoms with E-state index in [2.05, 4.69) is 83.1 Å². The van der Waals surface area contributed by atoms with Gasteiger partial charge in [-0.1, -0.05) is 78.9 Å². The summed E-state index contributed by atoms with van der Waals surface area (Å²) >= 11 is 3.31. The Morgan fingerprint density at radius 3 is 1.47 bits per heavy atom. The summed E-state index contributed by atoms with van der Waals surface area (Å²) in [7, 11) is 5.01. The van der Waals surface area contributed by atoms with Crippen molar-refractivity contribution in [1.29, 1.82) is 0 Å². The van der Waals surface area contributed by atoms with Crippen LogP contribution in [-0.2, 0) is 0 Å². The Morgan fingerprint density at radius 1 is 0.532 bits per heavy atom. The third-order valence-electron chi connectivity index (χ3n) is 7.53. The van der Waals surface area contributed by atoms with Crippen LogP contribution in [0.25, 0.3) is 45.4 Å². The summed E-state index contributed by atoms with van der Waals surface area (Å²) in [5.74, 6) is 2.43. The lowest BCUT2D eigenvalue weighted by Gasteiger charge is -2.11. The minimum absolute atomic E-state index is 0.736. The molecule has 0 unspecified atom stereocenters. The van der Waals surface area contributed by atoms with E-state index < -0.39 is 0 Å². The Labute approximate surface area is 285 Å². The van der Waals surface area contributed by atoms with Crippen molar-refractivity contribution in [2.75, 3.05) is 21.3 Å². The first-order valence-corrected chi connectivity index (χ1v) is 16.9. The lowest BCUT2D eigenvalue weighted by atomic mass is 10.0. The molecular weight excluding hydrogens is 621 g/mol. The maximum Gasteiger partial charge on any atom is 0.163 e. The number of aryl methyl sites for hydroxylation is 2. The van der Waals surface area contributed by atoms with Crippen LogP contribution in [0.1, 0.15) is 39.2 Å². The number of benzene rings is 4. The monoisotopic (exact) mass is 658 g/mol. The first-order valence-electron chi connectivity index (χ1n) is 15.1. The molecule has 0 radical (unpaired) electrons. The molecule has 0 aliphatic carbocycles. The van der Waals surface area contributed by atoms with Gasteiger partial charge in [0.15, 0.2) is 11.5 Å². The van der Waals surface area contributed by atoms with Crippen molar-refractivity contribution < 1.29 is 14.2 Å². The van der Waals surface area contributed by atoms with Crippen LogP contribution in [0.5, 0.6) is 17.2 Å². The van der Waals surface area contributed by atoms with Crippen molar-refractivity contribution in [3.05, 3.63) is 135 Å². The van der Waals surface area contributed by atoms with Gasteiger partial charge in [-0.05, 0) is 78.9 Å². The van der Waals surface area contributed by atoms with Crippen LogP contribution in [0.3, 0.4) is 0 Å². The second-order valence-corrected chi connectivity index (χ2v) is 12.5. The Morgan fingerprint density at radius 2 is 1.00 bits per heavy atom. The molecule has 0 amide bonds. The van der Waals surface area contributed by atoms with Gasteiger partial charge in [0.25, 0.3) is 0 Å². The predicted octanol–water partition coefficient (Wildman–Crippen LogP) is 10.9. The van der Waals surface area contributed by atoms with E-state index in [1.54, 1.807) is 44.0 Å². The zero-order valence-electron chi connectivity index (χ0n) is 27.5. The van der Waals surface area contributed by atoms with Gasteiger partial charge in [0.1, 0.15) is 15.8 Å². The average Bonchev–Trinajstić information content (AvgIpc) is 3.79. The predicted molar refractivity (Wildman–Crippen MR) is 200 cm³/mol. The maximum atomic E-state index is 5.43. The van der Waals surface area contributed by atoms with E-state index in [-0.39, 0.29) is 0 Å². The summed E-state index contributed by atoms with van der Waals surface area (Å²) in [4.78, 5) is 9.35. The Kier molecular flexibility index (Phi) is 11.4. The fraction of sp³-hybridized carbons (Fsp3) is 0.150. The highest BCUT2D eigenvalue weighted by Crippen LogP contribution is 2.33. The molecule has 2 heterocycles. The van der Waals surface area contributed by atoms with Gasteiger partial charge >= 0.3 is 0 Å². The highest BCUT2D eigenvalue weighted by Gasteiger charge is 2.09. The smallest absolute Gasteiger partial charge is 0.163 e. The van der Waals surface area contributed by atoms with E-state index in [1.807, 2.05) is 67.6 Å². The third kappa shape index (κ3) is 8.64. The highest BCUT2D eigenvalue weighted by molar-refractivity contribution is 7.13. The first kappa shape index (κ1) is 33.4. The second kappa shape index (κ2) is 16.0. The highest BCUT2D eigenvalue weighted by atomic mass is 32.1. The molecule has 4 aromatic carbocycles. The van der Waals surface area contributed by atoms with Gasteiger partial charge in [-0.15, -0.1) is 22.7 Å². The fourth-order valence-electron chi connectivity index (χ4n) is 4.96. The van der Waals surface area contributed by atoms with E-state index in [4.69, 9.17) is 14.2 Å². The van der Waals surface area contributed by atoms with Gasteiger partial charge in [0.05, 0.1) is 32.7 Å². The number of thiazole rings is 2. The number of aromatic nitrogens is 2. The van der Waals surface area contributed by atoms with Crippen LogP contribution < -0.4 is 14.2 Å². The van der Waals surface area contributed by atoms with Gasteiger partial charge in [0.2, 0.25) is 0 Å². The zero-order valence-corrected chi connectivity index (χ0v) is 29.1. The van der Waals surface area contributed by atoms with E-state index in [1.165, 1.54) is 11.1 Å². The van der Waals surface area contributed by atoms with Crippen molar-refractivity contribution in [2.24, 2.45) is 0 Å². The van der Waals surface area contributed by atoms with Crippen LogP contribution in [0.15, 0.2) is 95.7 Å². The summed E-state index contributed by atoms with van der Waals surface area (Å²) in [6.45, 7) is 6.19. The SMILES string of the molecule is COc1cc(/C=C/c2csc(-c3ccccc3)n2)cc(C)c1OC.COc1cc(/C=C\c2csc(-c3ccccc3)n2)cc(C)c1C. The molecule has 47 heavy (non-hydrogen) atoms. The quantitative estimate of drug-likeness (QED) is 0.155. The summed E-state index contributed by atoms with van der Waals surface area (Å²) in [5.41, 5.74) is 9.86. The topological polar surface area (TPSA) is 53.5 Å². The number of methoxy groups -OCH3 is 3. The molecule has 238 valence electrons. The number of nitrogens with zero attached hydrogens (tertiary/aromatic N) is 2. The fourth-order valence-corrected chi connectivity index (χ4v) is 6.54. The van der Waals surface area contributed by atoms with Crippen molar-refractivity contribution in [1.82, 2.24) is 9.97 Å². The Hall–Kier alpha value is -4.98. The molecule has 0 fully saturated rings. The minimum Gasteiger partial charge on any atom is -0.496 e. The van der Waals surface area contributed by atoms with E-state index in [9.17, 15) is 0 Å². The molecule has 0 bridgehead atoms. The third-order valence-corrected chi connectivity index (χ3v) is 9.35. The lowest BCUT2D eigenvalue weighted by molar-refractivity contribution is 0.353. The summed E-state index contributed by atoms with van der Waals surface area (Å²) in [6, 6.07) is 28.7. The van der Waals surface area contributed by atoms with Gasteiger partial charge in [-0.2, -0.15) is 0 Å². The van der Waals surface area contributed by atoms with Crippen molar-refractivity contribution in [3.63, 3.8) is 0 Å². The molecule has 6 rings (SSSR count). The standard InChI is InChI=1S/C20H19NO2S.C20H19NOS/c1-14-11-15(12-18(22-2)19(14)23-3)9-10-17-13-24-20(21-17)16-7-5-4-6-8-16;1-14-11-16(12-19(22-3)15(14)2)9-10-18-13-23-20(21-18)17-7-5-4-6-8-17/h4-13H,1-3H3;4-13H,1-3H3/b10-9+;10-9-. The number of rotatable bonds is 9. The van der Waals surface area contributed by atoms with Crippen molar-refractivity contribution in [2.45, 2.75) is 20.8 Å². The molecule has 0 aliphatic heterocycles. The average molecular weight is 659 g/mol. The second-order valence-electron chi connectivity index (χ2n) is 10.8. The zero-order chi connectivity index (χ0) is 33.2. The van der Waals surface area contributed by atoms with Crippen LogP contribution in [-0.4, -0.2) is 31.3 Å². The van der Waals surface area contributed by atoms with Crippen LogP contribution in [0.2, 0.25) is 0 Å². The molecule has 0 aliphatic rings. The Balaban J connectivity index is 0.000000185. The van der Waals surface area contributed by atoms with Gasteiger partial charge in [-0.3, -0.25) is 0 Å². The maximum absolute atomic E-state index is 5.43. The lowest BCUT2D eigenvalue weighted by Crippen LogP contribution is -1.93. The number of hydrogen-bond donors (Lipinski definition) is 0. The first-order chi connectivity index (χ1) is 22.9. The molecular formula is C40H38N2O3S2. The van der Waals surface area contributed by atoms with Crippen molar-refractivity contribution >= 4 is 47.0 Å². The molecule has 0 atom stereocenters. The normalized spacial score (nSPS) is 11.0. The molecule has 6 aromatic rings. The van der Waals surface area contributed by atoms with Gasteiger partial charge < -0.3 is 14.2 Å². The molecule has 0 N–H and O–H groups in total. The molecule has 0 saturated carbocycles. The van der Waals surface area contributed by atoms with Crippen LogP contribution in [0.4, 0.5) is 0 Å². The molecule has 0 spiro atoms. The Bertz CT molecular complexity index is 1980. The number of hydrogen-bond acceptors (Lipinski definition) is 7. The molecule has 0 saturated heterocycles. The number of ether oxygens (including phenoxy) is 3. The largest absolute Gasteiger partial charge is 0.496 e. The van der Waals surface area contributed by atoms with E-state index in [0.29, 0.717) is 0 Å². The van der Waals surface area contributed by atoms with Crippen LogP contribution >= 0.6 is 22.7 Å². The van der Waals surface area contributed by atoms with Gasteiger partial charge in [-0.25, -0.2) is 9.97 Å². The van der Waals surface area contributed by atoms with E-state index >= 15 is 0 Å². The summed E-state index contributed by atoms with van der Waals surface area (Å²) in [6.07, 6.45) is 8.19. The summed E-state index contributed by atoms with van der Waals surface area (Å²) < 4.78 is 16.2. The van der Waals surface area contributed by atoms with Crippen LogP contribution in [0, 0.1) is 20.8 Å². The summed E-state index contributed by atoms with van der Waals surface area (Å²) in [5, 5.41) is 6.21. The minimum atomic E-state index is 0.736. The molecule has 5 nitrogen and oxygen atoms in total. The van der Waals surface area contributed by atoms with Gasteiger partial charge in [0, 0.05) is 21.9 Å².